The van der Waals surface area contributed by atoms with Crippen LogP contribution in [0.25, 0.3) is 0 Å². The molecule has 0 saturated carbocycles. The lowest BCUT2D eigenvalue weighted by Crippen LogP contribution is -2.43. The quantitative estimate of drug-likeness (QED) is 0.391. The Hall–Kier alpha value is -2.74. The molecular weight excluding hydrogens is 392 g/mol. The zero-order chi connectivity index (χ0) is 21.1. The number of thioether (sulfide) groups is 1. The molecular formula is C21H24N2O5S. The molecule has 2 aromatic heterocycles. The molecule has 154 valence electrons. The molecule has 29 heavy (non-hydrogen) atoms. The maximum atomic E-state index is 12.6. The summed E-state index contributed by atoms with van der Waals surface area (Å²) in [7, 11) is 0. The zero-order valence-electron chi connectivity index (χ0n) is 16.7. The molecule has 0 N–H and O–H groups in total. The second-order valence-electron chi connectivity index (χ2n) is 6.86. The lowest BCUT2D eigenvalue weighted by molar-refractivity contribution is -0.152. The van der Waals surface area contributed by atoms with Crippen LogP contribution >= 0.6 is 11.8 Å². The summed E-state index contributed by atoms with van der Waals surface area (Å²) in [5.41, 5.74) is 2.27. The van der Waals surface area contributed by atoms with Crippen LogP contribution in [0.1, 0.15) is 39.8 Å². The van der Waals surface area contributed by atoms with E-state index in [4.69, 9.17) is 9.15 Å². The molecule has 8 heteroatoms. The van der Waals surface area contributed by atoms with Gasteiger partial charge in [-0.05, 0) is 32.0 Å². The molecule has 0 spiro atoms. The predicted molar refractivity (Wildman–Crippen MR) is 110 cm³/mol. The molecule has 1 saturated heterocycles. The van der Waals surface area contributed by atoms with Gasteiger partial charge in [0.1, 0.15) is 17.2 Å². The Labute approximate surface area is 173 Å². The fourth-order valence-corrected chi connectivity index (χ4v) is 4.94. The number of nitrogens with zero attached hydrogens (tertiary/aromatic N) is 2. The molecule has 1 aliphatic heterocycles. The van der Waals surface area contributed by atoms with E-state index in [2.05, 4.69) is 6.58 Å². The first kappa shape index (κ1) is 21.0. The number of carbonyl (C=O) groups is 3. The van der Waals surface area contributed by atoms with Gasteiger partial charge in [-0.3, -0.25) is 9.59 Å². The first-order valence-corrected chi connectivity index (χ1v) is 10.3. The highest BCUT2D eigenvalue weighted by Crippen LogP contribution is 2.41. The van der Waals surface area contributed by atoms with Crippen molar-refractivity contribution in [2.24, 2.45) is 0 Å². The van der Waals surface area contributed by atoms with Gasteiger partial charge in [-0.25, -0.2) is 4.79 Å². The van der Waals surface area contributed by atoms with Gasteiger partial charge in [-0.15, -0.1) is 18.3 Å². The van der Waals surface area contributed by atoms with Gasteiger partial charge in [0.05, 0.1) is 6.26 Å². The van der Waals surface area contributed by atoms with Gasteiger partial charge in [-0.1, -0.05) is 6.08 Å². The van der Waals surface area contributed by atoms with E-state index in [0.29, 0.717) is 23.6 Å². The van der Waals surface area contributed by atoms with E-state index in [1.54, 1.807) is 24.3 Å². The number of allylic oxidation sites excluding steroid dienone is 1. The van der Waals surface area contributed by atoms with Gasteiger partial charge >= 0.3 is 5.97 Å². The number of hydrogen-bond donors (Lipinski definition) is 0. The first-order valence-electron chi connectivity index (χ1n) is 9.26. The van der Waals surface area contributed by atoms with Gasteiger partial charge in [-0.2, -0.15) is 0 Å². The van der Waals surface area contributed by atoms with Crippen molar-refractivity contribution in [1.82, 2.24) is 9.47 Å². The van der Waals surface area contributed by atoms with Crippen LogP contribution in [0.4, 0.5) is 0 Å². The summed E-state index contributed by atoms with van der Waals surface area (Å²) in [6, 6.07) is 4.54. The zero-order valence-corrected chi connectivity index (χ0v) is 17.5. The van der Waals surface area contributed by atoms with Crippen LogP contribution in [-0.2, 0) is 20.9 Å². The average Bonchev–Trinajstić information content (AvgIpc) is 3.40. The molecule has 3 rings (SSSR count). The molecule has 1 aliphatic rings. The number of furan rings is 1. The normalized spacial score (nSPS) is 18.7. The van der Waals surface area contributed by atoms with E-state index in [1.807, 2.05) is 18.4 Å². The number of esters is 1. The smallest absolute Gasteiger partial charge is 0.330 e. The molecule has 2 atom stereocenters. The van der Waals surface area contributed by atoms with Gasteiger partial charge < -0.3 is 18.6 Å². The van der Waals surface area contributed by atoms with E-state index in [1.165, 1.54) is 29.8 Å². The SMILES string of the molecule is C=CCn1c(C)cc(C(=O)COC(=O)[C@@H]2CS[C@H](c3ccco3)N2C(C)=O)c1C. The summed E-state index contributed by atoms with van der Waals surface area (Å²) in [4.78, 5) is 38.9. The number of aromatic nitrogens is 1. The van der Waals surface area contributed by atoms with Crippen LogP contribution in [0.15, 0.2) is 41.5 Å². The lowest BCUT2D eigenvalue weighted by Gasteiger charge is -2.25. The molecule has 2 aromatic rings. The van der Waals surface area contributed by atoms with Crippen LogP contribution in [0.5, 0.6) is 0 Å². The summed E-state index contributed by atoms with van der Waals surface area (Å²) in [6.07, 6.45) is 3.29. The Morgan fingerprint density at radius 1 is 1.38 bits per heavy atom. The highest BCUT2D eigenvalue weighted by atomic mass is 32.2. The molecule has 0 aliphatic carbocycles. The summed E-state index contributed by atoms with van der Waals surface area (Å²) in [6.45, 7) is 9.13. The number of aryl methyl sites for hydroxylation is 1. The van der Waals surface area contributed by atoms with Crippen molar-refractivity contribution in [2.75, 3.05) is 12.4 Å². The Bertz CT molecular complexity index is 931. The minimum Gasteiger partial charge on any atom is -0.466 e. The predicted octanol–water partition coefficient (Wildman–Crippen LogP) is 3.27. The fraction of sp³-hybridized carbons (Fsp3) is 0.381. The lowest BCUT2D eigenvalue weighted by atomic mass is 10.1. The van der Waals surface area contributed by atoms with Crippen LogP contribution in [0, 0.1) is 13.8 Å². The molecule has 0 radical (unpaired) electrons. The van der Waals surface area contributed by atoms with E-state index in [-0.39, 0.29) is 23.7 Å². The second-order valence-corrected chi connectivity index (χ2v) is 7.97. The largest absolute Gasteiger partial charge is 0.466 e. The van der Waals surface area contributed by atoms with Gasteiger partial charge in [0.2, 0.25) is 11.7 Å². The van der Waals surface area contributed by atoms with Crippen LogP contribution in [0.2, 0.25) is 0 Å². The van der Waals surface area contributed by atoms with E-state index in [0.717, 1.165) is 11.4 Å². The van der Waals surface area contributed by atoms with Gasteiger partial charge in [0.15, 0.2) is 6.61 Å². The second kappa shape index (κ2) is 8.73. The monoisotopic (exact) mass is 416 g/mol. The third-order valence-electron chi connectivity index (χ3n) is 4.95. The Morgan fingerprint density at radius 2 is 2.14 bits per heavy atom. The topological polar surface area (TPSA) is 81.8 Å². The Morgan fingerprint density at radius 3 is 2.76 bits per heavy atom. The Balaban J connectivity index is 1.67. The summed E-state index contributed by atoms with van der Waals surface area (Å²) < 4.78 is 12.7. The highest BCUT2D eigenvalue weighted by molar-refractivity contribution is 7.99. The molecule has 1 amide bonds. The van der Waals surface area contributed by atoms with Gasteiger partial charge in [0, 0.05) is 36.2 Å². The van der Waals surface area contributed by atoms with Crippen LogP contribution in [0.3, 0.4) is 0 Å². The number of hydrogen-bond acceptors (Lipinski definition) is 6. The number of ketones is 1. The maximum Gasteiger partial charge on any atom is 0.330 e. The summed E-state index contributed by atoms with van der Waals surface area (Å²) >= 11 is 1.43. The minimum atomic E-state index is -0.756. The average molecular weight is 416 g/mol. The van der Waals surface area contributed by atoms with Crippen LogP contribution in [-0.4, -0.2) is 45.5 Å². The molecule has 0 bridgehead atoms. The molecule has 0 unspecified atom stereocenters. The van der Waals surface area contributed by atoms with Crippen molar-refractivity contribution in [3.63, 3.8) is 0 Å². The van der Waals surface area contributed by atoms with E-state index in [9.17, 15) is 14.4 Å². The van der Waals surface area contributed by atoms with Gasteiger partial charge in [0.25, 0.3) is 0 Å². The third kappa shape index (κ3) is 4.17. The number of rotatable bonds is 7. The van der Waals surface area contributed by atoms with Crippen LogP contribution < -0.4 is 0 Å². The molecule has 3 heterocycles. The third-order valence-corrected chi connectivity index (χ3v) is 6.24. The standard InChI is InChI=1S/C21H24N2O5S/c1-5-8-22-13(2)10-16(14(22)3)18(25)11-28-21(26)17-12-29-20(23(17)15(4)24)19-7-6-9-27-19/h5-7,9-10,17,20H,1,8,11-12H2,2-4H3/t17-,20+/m0/s1. The van der Waals surface area contributed by atoms with Crippen molar-refractivity contribution >= 4 is 29.4 Å². The van der Waals surface area contributed by atoms with E-state index < -0.39 is 12.0 Å². The first-order chi connectivity index (χ1) is 13.8. The van der Waals surface area contributed by atoms with E-state index >= 15 is 0 Å². The molecule has 7 nitrogen and oxygen atoms in total. The van der Waals surface area contributed by atoms with Crippen molar-refractivity contribution in [2.45, 2.75) is 38.7 Å². The van der Waals surface area contributed by atoms with Crippen molar-refractivity contribution < 1.29 is 23.5 Å². The minimum absolute atomic E-state index is 0.252. The molecule has 0 aromatic carbocycles. The Kier molecular flexibility index (Phi) is 6.32. The highest BCUT2D eigenvalue weighted by Gasteiger charge is 2.43. The van der Waals surface area contributed by atoms with Crippen molar-refractivity contribution in [1.29, 1.82) is 0 Å². The van der Waals surface area contributed by atoms with Crippen molar-refractivity contribution in [3.8, 4) is 0 Å². The number of Topliss-reactive ketones (excluding diaryl/α,β-unsaturated/α-hetero) is 1. The number of ether oxygens (including phenoxy) is 1. The molecule has 1 fully saturated rings. The maximum absolute atomic E-state index is 12.6. The number of amides is 1. The fourth-order valence-electron chi connectivity index (χ4n) is 3.53. The summed E-state index contributed by atoms with van der Waals surface area (Å²) in [5.74, 6) is -0.130. The van der Waals surface area contributed by atoms with Crippen molar-refractivity contribution in [3.05, 3.63) is 59.8 Å². The number of carbonyl (C=O) groups excluding carboxylic acids is 3. The summed E-state index contributed by atoms with van der Waals surface area (Å²) in [5, 5.41) is -0.381.